The maximum Gasteiger partial charge on any atom is 0.0330 e. The van der Waals surface area contributed by atoms with Crippen LogP contribution in [0.25, 0.3) is 0 Å². The van der Waals surface area contributed by atoms with Crippen molar-refractivity contribution in [1.82, 2.24) is 5.32 Å². The second kappa shape index (κ2) is 9.50. The van der Waals surface area contributed by atoms with E-state index in [0.29, 0.717) is 0 Å². The molecule has 0 unspecified atom stereocenters. The molecule has 92 valence electrons. The molecule has 0 spiro atoms. The summed E-state index contributed by atoms with van der Waals surface area (Å²) in [7, 11) is 0. The highest BCUT2D eigenvalue weighted by Crippen LogP contribution is 2.14. The Labute approximate surface area is 101 Å². The molecule has 0 aliphatic carbocycles. The van der Waals surface area contributed by atoms with Gasteiger partial charge in [0, 0.05) is 6.54 Å². The number of hydrogen-bond donors (Lipinski definition) is 1. The van der Waals surface area contributed by atoms with Crippen LogP contribution in [0.3, 0.4) is 0 Å². The number of rotatable bonds is 9. The van der Waals surface area contributed by atoms with Crippen molar-refractivity contribution in [1.29, 1.82) is 0 Å². The average Bonchev–Trinajstić information content (AvgIpc) is 2.34. The molecule has 1 aliphatic rings. The van der Waals surface area contributed by atoms with Gasteiger partial charge in [-0.25, -0.2) is 0 Å². The second-order valence-corrected chi connectivity index (χ2v) is 4.75. The van der Waals surface area contributed by atoms with Crippen molar-refractivity contribution in [2.75, 3.05) is 6.54 Å². The summed E-state index contributed by atoms with van der Waals surface area (Å²) in [6, 6.07) is 0. The van der Waals surface area contributed by atoms with E-state index in [1.165, 1.54) is 63.4 Å². The van der Waals surface area contributed by atoms with Gasteiger partial charge in [-0.05, 0) is 30.7 Å². The van der Waals surface area contributed by atoms with Crippen molar-refractivity contribution in [2.24, 2.45) is 0 Å². The number of hydrogen-bond acceptors (Lipinski definition) is 1. The molecule has 1 rings (SSSR count). The Morgan fingerprint density at radius 2 is 1.69 bits per heavy atom. The highest BCUT2D eigenvalue weighted by atomic mass is 14.8. The number of allylic oxidation sites excluding steroid dienone is 2. The second-order valence-electron chi connectivity index (χ2n) is 4.75. The zero-order valence-electron chi connectivity index (χ0n) is 10.8. The molecule has 1 heteroatoms. The fourth-order valence-corrected chi connectivity index (χ4v) is 2.14. The van der Waals surface area contributed by atoms with Crippen LogP contribution >= 0.6 is 0 Å². The summed E-state index contributed by atoms with van der Waals surface area (Å²) in [5.41, 5.74) is 1.52. The van der Waals surface area contributed by atoms with Crippen molar-refractivity contribution in [3.05, 3.63) is 23.9 Å². The molecular formula is C15H27N. The van der Waals surface area contributed by atoms with Crippen molar-refractivity contribution < 1.29 is 0 Å². The largest absolute Gasteiger partial charge is 0.387 e. The Morgan fingerprint density at radius 3 is 2.31 bits per heavy atom. The Kier molecular flexibility index (Phi) is 7.93. The quantitative estimate of drug-likeness (QED) is 0.563. The van der Waals surface area contributed by atoms with E-state index in [2.05, 4.69) is 30.6 Å². The fraction of sp³-hybridized carbons (Fsp3) is 0.733. The smallest absolute Gasteiger partial charge is 0.0330 e. The van der Waals surface area contributed by atoms with Gasteiger partial charge in [0.2, 0.25) is 0 Å². The minimum Gasteiger partial charge on any atom is -0.387 e. The molecular weight excluding hydrogens is 194 g/mol. The first kappa shape index (κ1) is 13.3. The number of nitrogens with one attached hydrogen (secondary N) is 1. The summed E-state index contributed by atoms with van der Waals surface area (Å²) >= 11 is 0. The number of unbranched alkanes of at least 4 members (excludes halogenated alkanes) is 7. The third-order valence-corrected chi connectivity index (χ3v) is 3.22. The first-order valence-corrected chi connectivity index (χ1v) is 7.02. The highest BCUT2D eigenvalue weighted by molar-refractivity contribution is 5.21. The molecule has 0 aromatic heterocycles. The van der Waals surface area contributed by atoms with E-state index < -0.39 is 0 Å². The van der Waals surface area contributed by atoms with Crippen molar-refractivity contribution in [3.8, 4) is 0 Å². The molecule has 0 saturated heterocycles. The van der Waals surface area contributed by atoms with E-state index in [9.17, 15) is 0 Å². The summed E-state index contributed by atoms with van der Waals surface area (Å²) in [5.74, 6) is 0. The van der Waals surface area contributed by atoms with Gasteiger partial charge in [-0.1, -0.05) is 57.9 Å². The third kappa shape index (κ3) is 6.71. The van der Waals surface area contributed by atoms with E-state index in [4.69, 9.17) is 0 Å². The van der Waals surface area contributed by atoms with Crippen LogP contribution < -0.4 is 5.32 Å². The average molecular weight is 221 g/mol. The van der Waals surface area contributed by atoms with E-state index >= 15 is 0 Å². The Morgan fingerprint density at radius 1 is 1.00 bits per heavy atom. The monoisotopic (exact) mass is 221 g/mol. The summed E-state index contributed by atoms with van der Waals surface area (Å²) in [6.45, 7) is 3.29. The molecule has 0 amide bonds. The lowest BCUT2D eigenvalue weighted by Crippen LogP contribution is -2.08. The van der Waals surface area contributed by atoms with Gasteiger partial charge >= 0.3 is 0 Å². The van der Waals surface area contributed by atoms with E-state index in [1.807, 2.05) is 0 Å². The zero-order chi connectivity index (χ0) is 11.5. The van der Waals surface area contributed by atoms with Crippen LogP contribution in [0.15, 0.2) is 23.9 Å². The summed E-state index contributed by atoms with van der Waals surface area (Å²) < 4.78 is 0. The topological polar surface area (TPSA) is 12.0 Å². The van der Waals surface area contributed by atoms with Gasteiger partial charge < -0.3 is 5.32 Å². The first-order chi connectivity index (χ1) is 7.93. The lowest BCUT2D eigenvalue weighted by atomic mass is 10.0. The summed E-state index contributed by atoms with van der Waals surface area (Å²) in [4.78, 5) is 0. The molecule has 1 aliphatic heterocycles. The van der Waals surface area contributed by atoms with Crippen LogP contribution in [0.1, 0.15) is 64.7 Å². The van der Waals surface area contributed by atoms with Gasteiger partial charge in [-0.3, -0.25) is 0 Å². The van der Waals surface area contributed by atoms with Crippen LogP contribution in [0.5, 0.6) is 0 Å². The lowest BCUT2D eigenvalue weighted by Gasteiger charge is -2.08. The summed E-state index contributed by atoms with van der Waals surface area (Å²) in [6.07, 6.45) is 19.2. The maximum atomic E-state index is 3.19. The van der Waals surface area contributed by atoms with Gasteiger partial charge in [0.25, 0.3) is 0 Å². The van der Waals surface area contributed by atoms with Crippen LogP contribution in [0.4, 0.5) is 0 Å². The molecule has 16 heavy (non-hydrogen) atoms. The number of dihydropyridines is 1. The molecule has 1 heterocycles. The Bertz CT molecular complexity index is 215. The van der Waals surface area contributed by atoms with Crippen molar-refractivity contribution >= 4 is 0 Å². The normalized spacial score (nSPS) is 14.7. The van der Waals surface area contributed by atoms with Gasteiger partial charge in [0.05, 0.1) is 0 Å². The minimum atomic E-state index is 1.02. The minimum absolute atomic E-state index is 1.02. The Balaban J connectivity index is 1.84. The summed E-state index contributed by atoms with van der Waals surface area (Å²) in [5, 5.41) is 3.19. The fourth-order valence-electron chi connectivity index (χ4n) is 2.14. The van der Waals surface area contributed by atoms with Gasteiger partial charge in [0.15, 0.2) is 0 Å². The van der Waals surface area contributed by atoms with Gasteiger partial charge in [0.1, 0.15) is 0 Å². The van der Waals surface area contributed by atoms with Crippen LogP contribution in [-0.2, 0) is 0 Å². The molecule has 0 aromatic rings. The molecule has 0 fully saturated rings. The van der Waals surface area contributed by atoms with E-state index in [-0.39, 0.29) is 0 Å². The van der Waals surface area contributed by atoms with Crippen LogP contribution in [-0.4, -0.2) is 6.54 Å². The molecule has 1 nitrogen and oxygen atoms in total. The van der Waals surface area contributed by atoms with Crippen molar-refractivity contribution in [3.63, 3.8) is 0 Å². The van der Waals surface area contributed by atoms with Gasteiger partial charge in [-0.2, -0.15) is 0 Å². The molecule has 0 aromatic carbocycles. The highest BCUT2D eigenvalue weighted by Gasteiger charge is 1.97. The van der Waals surface area contributed by atoms with Gasteiger partial charge in [-0.15, -0.1) is 0 Å². The van der Waals surface area contributed by atoms with E-state index in [0.717, 1.165) is 6.54 Å². The Hall–Kier alpha value is -0.720. The standard InChI is InChI=1S/C15H27N/c1-2-3-4-5-6-7-8-9-10-15-11-13-16-14-12-15/h11-13,16H,2-10,14H2,1H3. The predicted octanol–water partition coefficient (Wildman–Crippen LogP) is 4.56. The van der Waals surface area contributed by atoms with E-state index in [1.54, 1.807) is 0 Å². The van der Waals surface area contributed by atoms with Crippen LogP contribution in [0, 0.1) is 0 Å². The van der Waals surface area contributed by atoms with Crippen molar-refractivity contribution in [2.45, 2.75) is 64.7 Å². The van der Waals surface area contributed by atoms with Crippen LogP contribution in [0.2, 0.25) is 0 Å². The molecule has 0 radical (unpaired) electrons. The molecule has 0 saturated carbocycles. The third-order valence-electron chi connectivity index (χ3n) is 3.22. The molecule has 1 N–H and O–H groups in total. The SMILES string of the molecule is CCCCCCCCCCC1=CCNC=C1. The molecule has 0 bridgehead atoms. The lowest BCUT2D eigenvalue weighted by molar-refractivity contribution is 0.575. The first-order valence-electron chi connectivity index (χ1n) is 7.02. The zero-order valence-corrected chi connectivity index (χ0v) is 10.8. The maximum absolute atomic E-state index is 3.19. The molecule has 0 atom stereocenters. The predicted molar refractivity (Wildman–Crippen MR) is 72.5 cm³/mol.